The molecule has 1 aromatic rings. The topological polar surface area (TPSA) is 49.6 Å². The highest BCUT2D eigenvalue weighted by Crippen LogP contribution is 2.31. The van der Waals surface area contributed by atoms with E-state index in [9.17, 15) is 0 Å². The molecule has 0 bridgehead atoms. The predicted molar refractivity (Wildman–Crippen MR) is 68.9 cm³/mol. The van der Waals surface area contributed by atoms with Crippen LogP contribution in [0.25, 0.3) is 0 Å². The second-order valence-corrected chi connectivity index (χ2v) is 4.43. The third-order valence-corrected chi connectivity index (χ3v) is 2.86. The third kappa shape index (κ3) is 4.51. The standard InChI is InChI=1S/C13H21N3O/c1-2-14-13(15-8-7-11-5-6-11)16-10-12-4-3-9-17-12/h3-4,9,11H,2,5-8,10H2,1H3,(H2,14,15,16). The van der Waals surface area contributed by atoms with Crippen molar-refractivity contribution in [2.24, 2.45) is 10.9 Å². The first-order chi connectivity index (χ1) is 8.38. The van der Waals surface area contributed by atoms with Gasteiger partial charge in [0.2, 0.25) is 0 Å². The molecule has 4 nitrogen and oxygen atoms in total. The van der Waals surface area contributed by atoms with E-state index in [4.69, 9.17) is 4.42 Å². The molecular formula is C13H21N3O. The molecule has 1 aromatic heterocycles. The Hall–Kier alpha value is -1.45. The molecule has 94 valence electrons. The molecule has 2 rings (SSSR count). The van der Waals surface area contributed by atoms with Gasteiger partial charge in [-0.15, -0.1) is 0 Å². The maximum Gasteiger partial charge on any atom is 0.191 e. The molecule has 0 aliphatic heterocycles. The highest BCUT2D eigenvalue weighted by atomic mass is 16.3. The molecule has 2 N–H and O–H groups in total. The minimum atomic E-state index is 0.589. The first-order valence-corrected chi connectivity index (χ1v) is 6.43. The van der Waals surface area contributed by atoms with E-state index in [0.717, 1.165) is 30.7 Å². The number of guanidine groups is 1. The van der Waals surface area contributed by atoms with Crippen LogP contribution >= 0.6 is 0 Å². The van der Waals surface area contributed by atoms with Crippen molar-refractivity contribution in [2.45, 2.75) is 32.7 Å². The van der Waals surface area contributed by atoms with Crippen LogP contribution in [0.15, 0.2) is 27.8 Å². The summed E-state index contributed by atoms with van der Waals surface area (Å²) in [4.78, 5) is 4.47. The summed E-state index contributed by atoms with van der Waals surface area (Å²) in [5.74, 6) is 2.73. The van der Waals surface area contributed by atoms with Gasteiger partial charge in [0.1, 0.15) is 12.3 Å². The first kappa shape index (κ1) is 12.0. The maximum absolute atomic E-state index is 5.25. The Kier molecular flexibility index (Phi) is 4.47. The van der Waals surface area contributed by atoms with Gasteiger partial charge >= 0.3 is 0 Å². The molecule has 0 amide bonds. The van der Waals surface area contributed by atoms with Crippen LogP contribution in [0.2, 0.25) is 0 Å². The Morgan fingerprint density at radius 2 is 2.35 bits per heavy atom. The lowest BCUT2D eigenvalue weighted by Crippen LogP contribution is -2.37. The van der Waals surface area contributed by atoms with Gasteiger partial charge in [0.15, 0.2) is 5.96 Å². The van der Waals surface area contributed by atoms with Gasteiger partial charge in [-0.05, 0) is 31.4 Å². The van der Waals surface area contributed by atoms with Crippen LogP contribution in [0.4, 0.5) is 0 Å². The molecule has 0 saturated heterocycles. The van der Waals surface area contributed by atoms with Crippen LogP contribution in [0.3, 0.4) is 0 Å². The van der Waals surface area contributed by atoms with Crippen molar-refractivity contribution in [3.63, 3.8) is 0 Å². The third-order valence-electron chi connectivity index (χ3n) is 2.86. The Balaban J connectivity index is 1.75. The van der Waals surface area contributed by atoms with Crippen LogP contribution in [-0.4, -0.2) is 19.0 Å². The number of nitrogens with one attached hydrogen (secondary N) is 2. The van der Waals surface area contributed by atoms with Crippen molar-refractivity contribution in [3.8, 4) is 0 Å². The lowest BCUT2D eigenvalue weighted by Gasteiger charge is -2.10. The Morgan fingerprint density at radius 3 is 3.00 bits per heavy atom. The van der Waals surface area contributed by atoms with E-state index in [1.165, 1.54) is 19.3 Å². The zero-order valence-electron chi connectivity index (χ0n) is 10.4. The predicted octanol–water partition coefficient (Wildman–Crippen LogP) is 2.13. The second-order valence-electron chi connectivity index (χ2n) is 4.43. The van der Waals surface area contributed by atoms with Crippen LogP contribution < -0.4 is 10.6 Å². The monoisotopic (exact) mass is 235 g/mol. The average Bonchev–Trinajstić information content (AvgIpc) is 3.00. The van der Waals surface area contributed by atoms with Gasteiger partial charge in [0, 0.05) is 13.1 Å². The molecule has 4 heteroatoms. The molecule has 0 radical (unpaired) electrons. The first-order valence-electron chi connectivity index (χ1n) is 6.43. The molecule has 1 heterocycles. The lowest BCUT2D eigenvalue weighted by atomic mass is 10.3. The second kappa shape index (κ2) is 6.33. The fraction of sp³-hybridized carbons (Fsp3) is 0.615. The zero-order chi connectivity index (χ0) is 11.9. The molecule has 1 saturated carbocycles. The Morgan fingerprint density at radius 1 is 1.47 bits per heavy atom. The molecule has 0 spiro atoms. The molecular weight excluding hydrogens is 214 g/mol. The summed E-state index contributed by atoms with van der Waals surface area (Å²) in [7, 11) is 0. The minimum Gasteiger partial charge on any atom is -0.467 e. The van der Waals surface area contributed by atoms with Gasteiger partial charge < -0.3 is 15.1 Å². The smallest absolute Gasteiger partial charge is 0.191 e. The quantitative estimate of drug-likeness (QED) is 0.586. The van der Waals surface area contributed by atoms with E-state index < -0.39 is 0 Å². The van der Waals surface area contributed by atoms with E-state index in [1.807, 2.05) is 12.1 Å². The Bertz CT molecular complexity index is 342. The van der Waals surface area contributed by atoms with E-state index in [-0.39, 0.29) is 0 Å². The van der Waals surface area contributed by atoms with E-state index in [1.54, 1.807) is 6.26 Å². The summed E-state index contributed by atoms with van der Waals surface area (Å²) in [6, 6.07) is 3.83. The molecule has 1 aliphatic carbocycles. The largest absolute Gasteiger partial charge is 0.467 e. The van der Waals surface area contributed by atoms with Gasteiger partial charge in [0.25, 0.3) is 0 Å². The lowest BCUT2D eigenvalue weighted by molar-refractivity contribution is 0.511. The van der Waals surface area contributed by atoms with Crippen molar-refractivity contribution in [3.05, 3.63) is 24.2 Å². The fourth-order valence-electron chi connectivity index (χ4n) is 1.70. The van der Waals surface area contributed by atoms with Gasteiger partial charge in [-0.3, -0.25) is 0 Å². The van der Waals surface area contributed by atoms with Gasteiger partial charge in [-0.2, -0.15) is 0 Å². The van der Waals surface area contributed by atoms with Crippen molar-refractivity contribution in [2.75, 3.05) is 13.1 Å². The number of aliphatic imine (C=N–C) groups is 1. The highest BCUT2D eigenvalue weighted by Gasteiger charge is 2.20. The van der Waals surface area contributed by atoms with E-state index in [2.05, 4.69) is 22.5 Å². The summed E-state index contributed by atoms with van der Waals surface area (Å²) >= 11 is 0. The van der Waals surface area contributed by atoms with Gasteiger partial charge in [0.05, 0.1) is 6.26 Å². The minimum absolute atomic E-state index is 0.589. The van der Waals surface area contributed by atoms with Gasteiger partial charge in [-0.1, -0.05) is 12.8 Å². The molecule has 17 heavy (non-hydrogen) atoms. The van der Waals surface area contributed by atoms with Crippen LogP contribution in [-0.2, 0) is 6.54 Å². The van der Waals surface area contributed by atoms with Crippen molar-refractivity contribution in [1.82, 2.24) is 10.6 Å². The van der Waals surface area contributed by atoms with E-state index in [0.29, 0.717) is 6.54 Å². The van der Waals surface area contributed by atoms with E-state index >= 15 is 0 Å². The summed E-state index contributed by atoms with van der Waals surface area (Å²) < 4.78 is 5.25. The summed E-state index contributed by atoms with van der Waals surface area (Å²) in [5.41, 5.74) is 0. The average molecular weight is 235 g/mol. The van der Waals surface area contributed by atoms with Crippen molar-refractivity contribution >= 4 is 5.96 Å². The molecule has 1 aliphatic rings. The maximum atomic E-state index is 5.25. The van der Waals surface area contributed by atoms with Crippen LogP contribution in [0, 0.1) is 5.92 Å². The molecule has 0 unspecified atom stereocenters. The highest BCUT2D eigenvalue weighted by molar-refractivity contribution is 5.79. The van der Waals surface area contributed by atoms with Crippen LogP contribution in [0.5, 0.6) is 0 Å². The zero-order valence-corrected chi connectivity index (χ0v) is 10.4. The summed E-state index contributed by atoms with van der Waals surface area (Å²) in [5, 5.41) is 6.59. The SMILES string of the molecule is CCNC(=NCc1ccco1)NCCC1CC1. The fourth-order valence-corrected chi connectivity index (χ4v) is 1.70. The van der Waals surface area contributed by atoms with Gasteiger partial charge in [-0.25, -0.2) is 4.99 Å². The summed E-state index contributed by atoms with van der Waals surface area (Å²) in [6.07, 6.45) is 5.74. The number of rotatable bonds is 6. The van der Waals surface area contributed by atoms with Crippen LogP contribution in [0.1, 0.15) is 31.9 Å². The molecule has 1 fully saturated rings. The normalized spacial score (nSPS) is 15.9. The number of furan rings is 1. The summed E-state index contributed by atoms with van der Waals surface area (Å²) in [6.45, 7) is 4.55. The molecule has 0 atom stereocenters. The van der Waals surface area contributed by atoms with Crippen molar-refractivity contribution in [1.29, 1.82) is 0 Å². The number of nitrogens with zero attached hydrogens (tertiary/aromatic N) is 1. The number of hydrogen-bond acceptors (Lipinski definition) is 2. The van der Waals surface area contributed by atoms with Crippen molar-refractivity contribution < 1.29 is 4.42 Å². The number of hydrogen-bond donors (Lipinski definition) is 2. The molecule has 0 aromatic carbocycles. The Labute approximate surface area is 102 Å².